The van der Waals surface area contributed by atoms with Gasteiger partial charge in [-0.15, -0.1) is 0 Å². The number of nitrogens with zero attached hydrogens (tertiary/aromatic N) is 4. The third-order valence-corrected chi connectivity index (χ3v) is 6.56. The number of carbonyl (C=O) groups is 2. The third kappa shape index (κ3) is 5.81. The Bertz CT molecular complexity index is 925. The fourth-order valence-electron chi connectivity index (χ4n) is 3.72. The first-order chi connectivity index (χ1) is 14.2. The second-order valence-corrected chi connectivity index (χ2v) is 9.61. The molecule has 174 valence electrons. The highest BCUT2D eigenvalue weighted by molar-refractivity contribution is 7.88. The number of carboxylic acid groups (broad SMARTS) is 2. The molecule has 0 aromatic carbocycles. The number of halogens is 3. The quantitative estimate of drug-likeness (QED) is 0.664. The fourth-order valence-corrected chi connectivity index (χ4v) is 4.64. The van der Waals surface area contributed by atoms with E-state index in [-0.39, 0.29) is 19.0 Å². The minimum absolute atomic E-state index is 0.0500. The number of rotatable bonds is 3. The maximum Gasteiger partial charge on any atom is 0.490 e. The number of fused-ring (bicyclic) bond motifs is 1. The average Bonchev–Trinajstić information content (AvgIpc) is 2.92. The highest BCUT2D eigenvalue weighted by Crippen LogP contribution is 2.44. The second-order valence-electron chi connectivity index (χ2n) is 7.63. The lowest BCUT2D eigenvalue weighted by atomic mass is 9.75. The molecule has 1 aromatic rings. The van der Waals surface area contributed by atoms with Gasteiger partial charge in [0.25, 0.3) is 0 Å². The molecule has 3 rings (SSSR count). The summed E-state index contributed by atoms with van der Waals surface area (Å²) in [4.78, 5) is 31.5. The van der Waals surface area contributed by atoms with Crippen LogP contribution in [0.3, 0.4) is 0 Å². The van der Waals surface area contributed by atoms with Crippen molar-refractivity contribution in [3.63, 3.8) is 0 Å². The lowest BCUT2D eigenvalue weighted by molar-refractivity contribution is -0.192. The standard InChI is InChI=1S/C15H22N4O4S.C2HF3O2/c1-11-6-16-14(17-7-11)18-5-3-4-15(13(20)21)10-19(24(2,22)23)9-12(15)8-18;3-2(4,5)1(6)7/h6-7,12H,3-5,8-10H2,1-2H3,(H,20,21);(H,6,7)/t12-,15-;/m0./s1. The lowest BCUT2D eigenvalue weighted by Gasteiger charge is -2.29. The van der Waals surface area contributed by atoms with E-state index in [2.05, 4.69) is 9.97 Å². The van der Waals surface area contributed by atoms with Crippen molar-refractivity contribution in [1.82, 2.24) is 14.3 Å². The molecular formula is C17H23F3N4O6S. The number of carboxylic acids is 2. The Morgan fingerprint density at radius 3 is 2.19 bits per heavy atom. The summed E-state index contributed by atoms with van der Waals surface area (Å²) in [6.45, 7) is 3.30. The van der Waals surface area contributed by atoms with E-state index in [0.29, 0.717) is 31.9 Å². The van der Waals surface area contributed by atoms with Gasteiger partial charge in [-0.05, 0) is 25.3 Å². The summed E-state index contributed by atoms with van der Waals surface area (Å²) in [6, 6.07) is 0. The maximum absolute atomic E-state index is 12.0. The van der Waals surface area contributed by atoms with Crippen LogP contribution < -0.4 is 4.90 Å². The predicted molar refractivity (Wildman–Crippen MR) is 102 cm³/mol. The lowest BCUT2D eigenvalue weighted by Crippen LogP contribution is -2.41. The molecule has 31 heavy (non-hydrogen) atoms. The first kappa shape index (κ1) is 24.8. The van der Waals surface area contributed by atoms with Crippen molar-refractivity contribution in [2.24, 2.45) is 11.3 Å². The molecule has 0 amide bonds. The summed E-state index contributed by atoms with van der Waals surface area (Å²) in [5, 5.41) is 17.0. The molecule has 0 unspecified atom stereocenters. The van der Waals surface area contributed by atoms with Gasteiger partial charge in [0.1, 0.15) is 0 Å². The number of sulfonamides is 1. The maximum atomic E-state index is 12.0. The zero-order valence-corrected chi connectivity index (χ0v) is 17.6. The van der Waals surface area contributed by atoms with Gasteiger partial charge in [-0.3, -0.25) is 4.79 Å². The molecule has 1 aromatic heterocycles. The molecule has 2 N–H and O–H groups in total. The first-order valence-electron chi connectivity index (χ1n) is 9.19. The topological polar surface area (TPSA) is 141 Å². The number of hydrogen-bond acceptors (Lipinski definition) is 7. The summed E-state index contributed by atoms with van der Waals surface area (Å²) in [5.41, 5.74) is -0.0692. The molecule has 0 saturated carbocycles. The molecule has 10 nitrogen and oxygen atoms in total. The molecule has 0 bridgehead atoms. The van der Waals surface area contributed by atoms with E-state index in [4.69, 9.17) is 9.90 Å². The van der Waals surface area contributed by atoms with E-state index < -0.39 is 33.6 Å². The van der Waals surface area contributed by atoms with Crippen LogP contribution >= 0.6 is 0 Å². The van der Waals surface area contributed by atoms with Crippen LogP contribution in [0, 0.1) is 18.3 Å². The van der Waals surface area contributed by atoms with Gasteiger partial charge in [-0.1, -0.05) is 0 Å². The Balaban J connectivity index is 0.000000423. The minimum Gasteiger partial charge on any atom is -0.481 e. The van der Waals surface area contributed by atoms with Crippen LogP contribution in [-0.4, -0.2) is 83.5 Å². The third-order valence-electron chi connectivity index (χ3n) is 5.34. The molecule has 2 saturated heterocycles. The number of hydrogen-bond donors (Lipinski definition) is 2. The number of aryl methyl sites for hydroxylation is 1. The molecule has 0 radical (unpaired) electrons. The van der Waals surface area contributed by atoms with Crippen molar-refractivity contribution in [3.8, 4) is 0 Å². The van der Waals surface area contributed by atoms with E-state index in [0.717, 1.165) is 11.8 Å². The van der Waals surface area contributed by atoms with Crippen molar-refractivity contribution < 1.29 is 41.4 Å². The van der Waals surface area contributed by atoms with Crippen LogP contribution in [0.4, 0.5) is 19.1 Å². The number of aromatic nitrogens is 2. The van der Waals surface area contributed by atoms with E-state index >= 15 is 0 Å². The van der Waals surface area contributed by atoms with E-state index in [9.17, 15) is 31.5 Å². The van der Waals surface area contributed by atoms with Crippen LogP contribution in [0.25, 0.3) is 0 Å². The molecule has 3 heterocycles. The number of aliphatic carboxylic acids is 2. The van der Waals surface area contributed by atoms with Crippen molar-refractivity contribution in [3.05, 3.63) is 18.0 Å². The molecule has 14 heteroatoms. The predicted octanol–water partition coefficient (Wildman–Crippen LogP) is 0.981. The number of alkyl halides is 3. The van der Waals surface area contributed by atoms with E-state index in [1.54, 1.807) is 12.4 Å². The molecule has 0 spiro atoms. The summed E-state index contributed by atoms with van der Waals surface area (Å²) in [7, 11) is -3.41. The zero-order valence-electron chi connectivity index (χ0n) is 16.8. The Morgan fingerprint density at radius 2 is 1.74 bits per heavy atom. The molecule has 2 atom stereocenters. The van der Waals surface area contributed by atoms with Crippen molar-refractivity contribution in [2.75, 3.05) is 37.3 Å². The average molecular weight is 468 g/mol. The van der Waals surface area contributed by atoms with Crippen molar-refractivity contribution in [2.45, 2.75) is 25.9 Å². The van der Waals surface area contributed by atoms with E-state index in [1.165, 1.54) is 4.31 Å². The highest BCUT2D eigenvalue weighted by Gasteiger charge is 2.55. The Morgan fingerprint density at radius 1 is 1.19 bits per heavy atom. The van der Waals surface area contributed by atoms with Crippen LogP contribution in [0.5, 0.6) is 0 Å². The van der Waals surface area contributed by atoms with Crippen LogP contribution in [0.1, 0.15) is 18.4 Å². The monoisotopic (exact) mass is 468 g/mol. The SMILES string of the molecule is Cc1cnc(N2CCC[C@]3(C(=O)O)CN(S(C)(=O)=O)C[C@@H]3C2)nc1.O=C(O)C(F)(F)F. The van der Waals surface area contributed by atoms with Crippen molar-refractivity contribution in [1.29, 1.82) is 0 Å². The summed E-state index contributed by atoms with van der Waals surface area (Å²) in [6.07, 6.45) is 0.637. The smallest absolute Gasteiger partial charge is 0.481 e. The summed E-state index contributed by atoms with van der Waals surface area (Å²) >= 11 is 0. The molecule has 2 aliphatic heterocycles. The van der Waals surface area contributed by atoms with E-state index in [1.807, 2.05) is 11.8 Å². The minimum atomic E-state index is -5.08. The first-order valence-corrected chi connectivity index (χ1v) is 11.0. The Labute approximate surface area is 176 Å². The van der Waals surface area contributed by atoms with Gasteiger partial charge < -0.3 is 15.1 Å². The zero-order chi connectivity index (χ0) is 23.6. The highest BCUT2D eigenvalue weighted by atomic mass is 32.2. The molecule has 2 aliphatic rings. The molecular weight excluding hydrogens is 445 g/mol. The number of anilines is 1. The fraction of sp³-hybridized carbons (Fsp3) is 0.647. The van der Waals surface area contributed by atoms with Gasteiger partial charge in [-0.25, -0.2) is 27.5 Å². The molecule has 0 aliphatic carbocycles. The summed E-state index contributed by atoms with van der Waals surface area (Å²) in [5.74, 6) is -3.38. The Kier molecular flexibility index (Phi) is 7.15. The largest absolute Gasteiger partial charge is 0.490 e. The van der Waals surface area contributed by atoms with Gasteiger partial charge in [0, 0.05) is 44.5 Å². The van der Waals surface area contributed by atoms with Gasteiger partial charge in [0.2, 0.25) is 16.0 Å². The van der Waals surface area contributed by atoms with Crippen LogP contribution in [-0.2, 0) is 19.6 Å². The molecule has 2 fully saturated rings. The van der Waals surface area contributed by atoms with Gasteiger partial charge in [-0.2, -0.15) is 13.2 Å². The normalized spacial score (nSPS) is 24.5. The second kappa shape index (κ2) is 8.94. The summed E-state index contributed by atoms with van der Waals surface area (Å²) < 4.78 is 56.9. The Hall–Kier alpha value is -2.48. The van der Waals surface area contributed by atoms with Crippen LogP contribution in [0.2, 0.25) is 0 Å². The van der Waals surface area contributed by atoms with Gasteiger partial charge >= 0.3 is 18.1 Å². The van der Waals surface area contributed by atoms with Crippen molar-refractivity contribution >= 4 is 27.9 Å². The van der Waals surface area contributed by atoms with Gasteiger partial charge in [0.05, 0.1) is 11.7 Å². The van der Waals surface area contributed by atoms with Crippen LogP contribution in [0.15, 0.2) is 12.4 Å². The van der Waals surface area contributed by atoms with Gasteiger partial charge in [0.15, 0.2) is 0 Å².